The molecule has 0 spiro atoms. The summed E-state index contributed by atoms with van der Waals surface area (Å²) in [6.07, 6.45) is 1.48. The molecule has 20 heavy (non-hydrogen) atoms. The number of nitrogens with one attached hydrogen (secondary N) is 1. The summed E-state index contributed by atoms with van der Waals surface area (Å²) in [5.41, 5.74) is 7.35. The van der Waals surface area contributed by atoms with E-state index in [0.717, 1.165) is 5.56 Å². The maximum atomic E-state index is 12.0. The smallest absolute Gasteiger partial charge is 0.256 e. The summed E-state index contributed by atoms with van der Waals surface area (Å²) in [5, 5.41) is 12.3. The second-order valence-electron chi connectivity index (χ2n) is 4.27. The lowest BCUT2D eigenvalue weighted by Gasteiger charge is -2.08. The molecule has 0 fully saturated rings. The lowest BCUT2D eigenvalue weighted by Crippen LogP contribution is -2.13. The molecular formula is C14H15N3O3. The van der Waals surface area contributed by atoms with E-state index in [1.807, 2.05) is 6.92 Å². The molecule has 0 unspecified atom stereocenters. The molecule has 0 radical (unpaired) electrons. The topological polar surface area (TPSA) is 97.5 Å². The van der Waals surface area contributed by atoms with Crippen LogP contribution in [0, 0.1) is 6.92 Å². The van der Waals surface area contributed by atoms with Crippen molar-refractivity contribution in [3.8, 4) is 11.5 Å². The van der Waals surface area contributed by atoms with Gasteiger partial charge in [0, 0.05) is 5.56 Å². The van der Waals surface area contributed by atoms with Crippen LogP contribution in [-0.2, 0) is 0 Å². The molecule has 0 atom stereocenters. The highest BCUT2D eigenvalue weighted by atomic mass is 16.5. The molecule has 1 heterocycles. The van der Waals surface area contributed by atoms with E-state index < -0.39 is 0 Å². The Labute approximate surface area is 116 Å². The summed E-state index contributed by atoms with van der Waals surface area (Å²) in [4.78, 5) is 16.0. The zero-order chi connectivity index (χ0) is 14.7. The molecule has 1 aromatic heterocycles. The van der Waals surface area contributed by atoms with Gasteiger partial charge in [0.2, 0.25) is 0 Å². The van der Waals surface area contributed by atoms with Crippen LogP contribution < -0.4 is 15.8 Å². The van der Waals surface area contributed by atoms with Crippen molar-refractivity contribution in [2.75, 3.05) is 18.2 Å². The molecule has 0 aliphatic heterocycles. The quantitative estimate of drug-likeness (QED) is 0.794. The molecule has 4 N–H and O–H groups in total. The van der Waals surface area contributed by atoms with Crippen LogP contribution >= 0.6 is 0 Å². The largest absolute Gasteiger partial charge is 0.504 e. The number of nitrogens with two attached hydrogens (primary N) is 1. The second-order valence-corrected chi connectivity index (χ2v) is 4.27. The number of benzene rings is 1. The first-order chi connectivity index (χ1) is 9.51. The predicted octanol–water partition coefficient (Wildman–Crippen LogP) is 1.94. The van der Waals surface area contributed by atoms with Crippen molar-refractivity contribution in [3.63, 3.8) is 0 Å². The maximum Gasteiger partial charge on any atom is 0.256 e. The third-order valence-electron chi connectivity index (χ3n) is 2.83. The summed E-state index contributed by atoms with van der Waals surface area (Å²) >= 11 is 0. The van der Waals surface area contributed by atoms with Gasteiger partial charge in [-0.3, -0.25) is 4.79 Å². The number of nitrogen functional groups attached to an aromatic ring is 1. The minimum atomic E-state index is -0.375. The average Bonchev–Trinajstić information content (AvgIpc) is 2.42. The second kappa shape index (κ2) is 5.48. The molecule has 2 rings (SSSR count). The van der Waals surface area contributed by atoms with Crippen LogP contribution in [0.2, 0.25) is 0 Å². The van der Waals surface area contributed by atoms with E-state index in [1.165, 1.54) is 25.4 Å². The predicted molar refractivity (Wildman–Crippen MR) is 76.0 cm³/mol. The first kappa shape index (κ1) is 13.7. The number of carbonyl (C=O) groups excluding carboxylic acids is 1. The minimum absolute atomic E-state index is 0.0957. The molecule has 0 aliphatic rings. The number of anilines is 2. The number of phenols is 1. The average molecular weight is 273 g/mol. The zero-order valence-electron chi connectivity index (χ0n) is 11.2. The Morgan fingerprint density at radius 1 is 1.40 bits per heavy atom. The number of phenolic OH excluding ortho intramolecular Hbond substituents is 1. The fourth-order valence-electron chi connectivity index (χ4n) is 1.65. The molecule has 1 aromatic carbocycles. The van der Waals surface area contributed by atoms with Crippen LogP contribution in [0.5, 0.6) is 11.5 Å². The lowest BCUT2D eigenvalue weighted by atomic mass is 10.2. The van der Waals surface area contributed by atoms with Gasteiger partial charge in [-0.15, -0.1) is 0 Å². The SMILES string of the molecule is COc1ccc(C(=O)Nc2cc(C)c(N)cn2)cc1O. The van der Waals surface area contributed by atoms with Crippen LogP contribution in [0.3, 0.4) is 0 Å². The Hall–Kier alpha value is -2.76. The number of carbonyl (C=O) groups is 1. The highest BCUT2D eigenvalue weighted by molar-refractivity contribution is 6.04. The monoisotopic (exact) mass is 273 g/mol. The Morgan fingerprint density at radius 3 is 2.75 bits per heavy atom. The molecule has 0 saturated carbocycles. The highest BCUT2D eigenvalue weighted by Gasteiger charge is 2.10. The van der Waals surface area contributed by atoms with Crippen molar-refractivity contribution in [1.82, 2.24) is 4.98 Å². The third kappa shape index (κ3) is 2.80. The Balaban J connectivity index is 2.19. The van der Waals surface area contributed by atoms with Gasteiger partial charge in [-0.05, 0) is 36.8 Å². The van der Waals surface area contributed by atoms with E-state index >= 15 is 0 Å². The Morgan fingerprint density at radius 2 is 2.15 bits per heavy atom. The van der Waals surface area contributed by atoms with E-state index in [2.05, 4.69) is 10.3 Å². The number of aryl methyl sites for hydroxylation is 1. The van der Waals surface area contributed by atoms with Gasteiger partial charge in [-0.2, -0.15) is 0 Å². The normalized spacial score (nSPS) is 10.1. The van der Waals surface area contributed by atoms with Gasteiger partial charge in [-0.25, -0.2) is 4.98 Å². The molecule has 1 amide bonds. The minimum Gasteiger partial charge on any atom is -0.504 e. The van der Waals surface area contributed by atoms with E-state index in [1.54, 1.807) is 12.1 Å². The standard InChI is InChI=1S/C14H15N3O3/c1-8-5-13(16-7-10(8)15)17-14(19)9-3-4-12(20-2)11(18)6-9/h3-7,18H,15H2,1-2H3,(H,16,17,19). The van der Waals surface area contributed by atoms with Gasteiger partial charge in [0.15, 0.2) is 11.5 Å². The molecular weight excluding hydrogens is 258 g/mol. The van der Waals surface area contributed by atoms with Crippen molar-refractivity contribution >= 4 is 17.4 Å². The summed E-state index contributed by atoms with van der Waals surface area (Å²) in [6.45, 7) is 1.83. The zero-order valence-corrected chi connectivity index (χ0v) is 11.2. The lowest BCUT2D eigenvalue weighted by molar-refractivity contribution is 0.102. The van der Waals surface area contributed by atoms with Crippen molar-refractivity contribution in [1.29, 1.82) is 0 Å². The number of pyridine rings is 1. The van der Waals surface area contributed by atoms with E-state index in [4.69, 9.17) is 10.5 Å². The maximum absolute atomic E-state index is 12.0. The molecule has 6 heteroatoms. The fraction of sp³-hybridized carbons (Fsp3) is 0.143. The van der Waals surface area contributed by atoms with Crippen LogP contribution in [0.1, 0.15) is 15.9 Å². The molecule has 2 aromatic rings. The van der Waals surface area contributed by atoms with Gasteiger partial charge in [-0.1, -0.05) is 0 Å². The summed E-state index contributed by atoms with van der Waals surface area (Å²) < 4.78 is 4.92. The first-order valence-electron chi connectivity index (χ1n) is 5.91. The molecule has 0 saturated heterocycles. The number of ether oxygens (including phenoxy) is 1. The van der Waals surface area contributed by atoms with Crippen LogP contribution in [0.25, 0.3) is 0 Å². The number of amides is 1. The Bertz CT molecular complexity index is 656. The summed E-state index contributed by atoms with van der Waals surface area (Å²) in [5.74, 6) is 0.237. The molecule has 0 aliphatic carbocycles. The number of rotatable bonds is 3. The Kier molecular flexibility index (Phi) is 3.74. The van der Waals surface area contributed by atoms with Crippen molar-refractivity contribution in [2.24, 2.45) is 0 Å². The van der Waals surface area contributed by atoms with Gasteiger partial charge >= 0.3 is 0 Å². The first-order valence-corrected chi connectivity index (χ1v) is 5.91. The number of hydrogen-bond donors (Lipinski definition) is 3. The number of hydrogen-bond acceptors (Lipinski definition) is 5. The van der Waals surface area contributed by atoms with E-state index in [0.29, 0.717) is 22.8 Å². The third-order valence-corrected chi connectivity index (χ3v) is 2.83. The van der Waals surface area contributed by atoms with Crippen LogP contribution in [-0.4, -0.2) is 23.1 Å². The van der Waals surface area contributed by atoms with Crippen LogP contribution in [0.15, 0.2) is 30.5 Å². The number of nitrogens with zero attached hydrogens (tertiary/aromatic N) is 1. The molecule has 0 bridgehead atoms. The van der Waals surface area contributed by atoms with Gasteiger partial charge in [0.25, 0.3) is 5.91 Å². The summed E-state index contributed by atoms with van der Waals surface area (Å²) in [6, 6.07) is 6.08. The number of aromatic hydroxyl groups is 1. The summed E-state index contributed by atoms with van der Waals surface area (Å²) in [7, 11) is 1.44. The van der Waals surface area contributed by atoms with Gasteiger partial charge < -0.3 is 20.9 Å². The molecule has 104 valence electrons. The van der Waals surface area contributed by atoms with E-state index in [9.17, 15) is 9.90 Å². The van der Waals surface area contributed by atoms with Crippen molar-refractivity contribution in [2.45, 2.75) is 6.92 Å². The van der Waals surface area contributed by atoms with Gasteiger partial charge in [0.1, 0.15) is 5.82 Å². The van der Waals surface area contributed by atoms with Gasteiger partial charge in [0.05, 0.1) is 19.0 Å². The van der Waals surface area contributed by atoms with Crippen molar-refractivity contribution < 1.29 is 14.6 Å². The number of methoxy groups -OCH3 is 1. The fourth-order valence-corrected chi connectivity index (χ4v) is 1.65. The highest BCUT2D eigenvalue weighted by Crippen LogP contribution is 2.26. The van der Waals surface area contributed by atoms with Crippen molar-refractivity contribution in [3.05, 3.63) is 41.6 Å². The number of aromatic nitrogens is 1. The molecule has 6 nitrogen and oxygen atoms in total. The van der Waals surface area contributed by atoms with E-state index in [-0.39, 0.29) is 11.7 Å². The van der Waals surface area contributed by atoms with Crippen LogP contribution in [0.4, 0.5) is 11.5 Å².